The predicted molar refractivity (Wildman–Crippen MR) is 102 cm³/mol. The second-order valence-electron chi connectivity index (χ2n) is 6.33. The smallest absolute Gasteiger partial charge is 0.0916 e. The van der Waals surface area contributed by atoms with Gasteiger partial charge >= 0.3 is 0 Å². The molecule has 2 heteroatoms. The zero-order valence-corrected chi connectivity index (χ0v) is 14.3. The first kappa shape index (κ1) is 23.1. The van der Waals surface area contributed by atoms with E-state index in [0.717, 1.165) is 24.6 Å². The Labute approximate surface area is 139 Å². The lowest BCUT2D eigenvalue weighted by molar-refractivity contribution is 0.539. The third-order valence-corrected chi connectivity index (χ3v) is 4.42. The minimum Gasteiger partial charge on any atom is -0.189 e. The topological polar surface area (TPSA) is 24.7 Å². The molecule has 1 rings (SSSR count). The maximum absolute atomic E-state index is 4.51. The van der Waals surface area contributed by atoms with Crippen LogP contribution in [0.5, 0.6) is 0 Å². The van der Waals surface area contributed by atoms with Gasteiger partial charge in [-0.05, 0) is 74.8 Å². The Morgan fingerprint density at radius 3 is 1.64 bits per heavy atom. The van der Waals surface area contributed by atoms with Crippen LogP contribution in [0.2, 0.25) is 0 Å². The number of unbranched alkanes of at least 4 members (excludes halogenated alkanes) is 1. The lowest BCUT2D eigenvalue weighted by Crippen LogP contribution is -1.95. The van der Waals surface area contributed by atoms with Crippen LogP contribution < -0.4 is 0 Å². The second kappa shape index (κ2) is 10.5. The molecule has 128 valence electrons. The number of rotatable bonds is 6. The molecule has 0 saturated heterocycles. The summed E-state index contributed by atoms with van der Waals surface area (Å²) < 4.78 is 0. The quantitative estimate of drug-likeness (QED) is 0.386. The molecule has 2 nitrogen and oxygen atoms in total. The normalized spacial score (nSPS) is 10.7. The average molecular weight is 307 g/mol. The van der Waals surface area contributed by atoms with E-state index in [9.17, 15) is 0 Å². The van der Waals surface area contributed by atoms with Gasteiger partial charge < -0.3 is 0 Å². The van der Waals surface area contributed by atoms with Crippen molar-refractivity contribution < 1.29 is 0 Å². The molecule has 0 amide bonds. The lowest BCUT2D eigenvalue weighted by atomic mass is 9.93. The van der Waals surface area contributed by atoms with Gasteiger partial charge in [-0.2, -0.15) is 10.2 Å². The highest BCUT2D eigenvalue weighted by Gasteiger charge is 2.11. The molecule has 0 aromatic heterocycles. The molecule has 0 bridgehead atoms. The maximum Gasteiger partial charge on any atom is 0.0916 e. The van der Waals surface area contributed by atoms with Gasteiger partial charge in [-0.15, -0.1) is 0 Å². The van der Waals surface area contributed by atoms with E-state index in [-0.39, 0.29) is 14.9 Å². The van der Waals surface area contributed by atoms with Crippen molar-refractivity contribution in [2.45, 2.75) is 82.6 Å². The SMILES string of the molecule is C.C.Cc1c(C)c(C)c(N=NCCCCC(C)C)c(C)c1C. The van der Waals surface area contributed by atoms with Crippen molar-refractivity contribution in [1.29, 1.82) is 0 Å². The molecule has 1 aromatic rings. The molecule has 0 aliphatic carbocycles. The van der Waals surface area contributed by atoms with Gasteiger partial charge in [0, 0.05) is 0 Å². The van der Waals surface area contributed by atoms with Crippen molar-refractivity contribution in [3.05, 3.63) is 27.8 Å². The molecule has 0 fully saturated rings. The monoisotopic (exact) mass is 306 g/mol. The molecular weight excluding hydrogens is 268 g/mol. The summed E-state index contributed by atoms with van der Waals surface area (Å²) in [6, 6.07) is 0. The molecule has 0 aliphatic heterocycles. The predicted octanol–water partition coefficient (Wildman–Crippen LogP) is 7.41. The van der Waals surface area contributed by atoms with Crippen LogP contribution in [0, 0.1) is 40.5 Å². The van der Waals surface area contributed by atoms with Crippen LogP contribution in [0.4, 0.5) is 5.69 Å². The van der Waals surface area contributed by atoms with Gasteiger partial charge in [-0.25, -0.2) is 0 Å². The van der Waals surface area contributed by atoms with Gasteiger partial charge in [0.15, 0.2) is 0 Å². The molecule has 0 saturated carbocycles. The maximum atomic E-state index is 4.51. The highest BCUT2D eigenvalue weighted by atomic mass is 15.1. The van der Waals surface area contributed by atoms with Crippen LogP contribution in [-0.4, -0.2) is 6.54 Å². The lowest BCUT2D eigenvalue weighted by Gasteiger charge is -2.14. The number of hydrogen-bond donors (Lipinski definition) is 0. The van der Waals surface area contributed by atoms with Crippen molar-refractivity contribution in [2.24, 2.45) is 16.1 Å². The molecule has 0 unspecified atom stereocenters. The molecular formula is C20H38N2. The van der Waals surface area contributed by atoms with E-state index in [1.165, 1.54) is 40.7 Å². The highest BCUT2D eigenvalue weighted by molar-refractivity contribution is 5.60. The zero-order chi connectivity index (χ0) is 15.3. The zero-order valence-electron chi connectivity index (χ0n) is 14.3. The summed E-state index contributed by atoms with van der Waals surface area (Å²) in [5.41, 5.74) is 7.71. The van der Waals surface area contributed by atoms with Crippen LogP contribution >= 0.6 is 0 Å². The Morgan fingerprint density at radius 1 is 0.727 bits per heavy atom. The fourth-order valence-corrected chi connectivity index (χ4v) is 2.49. The van der Waals surface area contributed by atoms with Crippen molar-refractivity contribution in [3.8, 4) is 0 Å². The van der Waals surface area contributed by atoms with E-state index in [0.29, 0.717) is 0 Å². The third kappa shape index (κ3) is 5.90. The molecule has 22 heavy (non-hydrogen) atoms. The summed E-state index contributed by atoms with van der Waals surface area (Å²) in [6.07, 6.45) is 3.68. The van der Waals surface area contributed by atoms with Crippen LogP contribution in [0.3, 0.4) is 0 Å². The van der Waals surface area contributed by atoms with Crippen LogP contribution in [-0.2, 0) is 0 Å². The van der Waals surface area contributed by atoms with Crippen molar-refractivity contribution in [2.75, 3.05) is 6.54 Å². The summed E-state index contributed by atoms with van der Waals surface area (Å²) in [5, 5.41) is 8.91. The van der Waals surface area contributed by atoms with E-state index in [4.69, 9.17) is 0 Å². The third-order valence-electron chi connectivity index (χ3n) is 4.42. The molecule has 0 heterocycles. The summed E-state index contributed by atoms with van der Waals surface area (Å²) in [4.78, 5) is 0. The fraction of sp³-hybridized carbons (Fsp3) is 0.700. The first-order valence-electron chi connectivity index (χ1n) is 7.80. The number of nitrogens with zero attached hydrogens (tertiary/aromatic N) is 2. The first-order valence-corrected chi connectivity index (χ1v) is 7.80. The highest BCUT2D eigenvalue weighted by Crippen LogP contribution is 2.32. The van der Waals surface area contributed by atoms with Gasteiger partial charge in [0.25, 0.3) is 0 Å². The van der Waals surface area contributed by atoms with E-state index in [1.54, 1.807) is 0 Å². The van der Waals surface area contributed by atoms with E-state index < -0.39 is 0 Å². The molecule has 0 N–H and O–H groups in total. The average Bonchev–Trinajstić information content (AvgIpc) is 2.41. The molecule has 0 radical (unpaired) electrons. The van der Waals surface area contributed by atoms with Gasteiger partial charge in [-0.1, -0.05) is 41.5 Å². The minimum absolute atomic E-state index is 0. The summed E-state index contributed by atoms with van der Waals surface area (Å²) in [7, 11) is 0. The Hall–Kier alpha value is -1.18. The molecule has 0 atom stereocenters. The van der Waals surface area contributed by atoms with Crippen molar-refractivity contribution >= 4 is 5.69 Å². The molecule has 1 aromatic carbocycles. The van der Waals surface area contributed by atoms with Gasteiger partial charge in [0.2, 0.25) is 0 Å². The first-order chi connectivity index (χ1) is 9.36. The molecule has 0 spiro atoms. The largest absolute Gasteiger partial charge is 0.189 e. The van der Waals surface area contributed by atoms with Gasteiger partial charge in [0.05, 0.1) is 12.2 Å². The van der Waals surface area contributed by atoms with Crippen LogP contribution in [0.25, 0.3) is 0 Å². The fourth-order valence-electron chi connectivity index (χ4n) is 2.49. The Balaban J connectivity index is 0. The summed E-state index contributed by atoms with van der Waals surface area (Å²) >= 11 is 0. The number of azo groups is 1. The van der Waals surface area contributed by atoms with Gasteiger partial charge in [0.1, 0.15) is 0 Å². The van der Waals surface area contributed by atoms with E-state index >= 15 is 0 Å². The number of hydrogen-bond acceptors (Lipinski definition) is 2. The standard InChI is InChI=1S/C18H30N2.2CH4/c1-12(2)10-8-9-11-19-20-18-16(6)14(4)13(3)15(5)17(18)7;;/h12H,8-11H2,1-7H3;2*1H4. The minimum atomic E-state index is 0. The van der Waals surface area contributed by atoms with Crippen LogP contribution in [0.15, 0.2) is 10.2 Å². The van der Waals surface area contributed by atoms with Crippen molar-refractivity contribution in [3.63, 3.8) is 0 Å². The van der Waals surface area contributed by atoms with E-state index in [2.05, 4.69) is 58.7 Å². The Kier molecular flexibility index (Phi) is 11.1. The van der Waals surface area contributed by atoms with Crippen LogP contribution in [0.1, 0.15) is 75.8 Å². The Morgan fingerprint density at radius 2 is 1.18 bits per heavy atom. The number of benzene rings is 1. The van der Waals surface area contributed by atoms with E-state index in [1.807, 2.05) is 0 Å². The van der Waals surface area contributed by atoms with Crippen molar-refractivity contribution in [1.82, 2.24) is 0 Å². The van der Waals surface area contributed by atoms with Gasteiger partial charge in [-0.3, -0.25) is 0 Å². The summed E-state index contributed by atoms with van der Waals surface area (Å²) in [6.45, 7) is 16.2. The second-order valence-corrected chi connectivity index (χ2v) is 6.33. The summed E-state index contributed by atoms with van der Waals surface area (Å²) in [5.74, 6) is 0.791. The molecule has 0 aliphatic rings. The Bertz CT molecular complexity index is 456.